The second-order valence-electron chi connectivity index (χ2n) is 10.3. The molecule has 0 aliphatic carbocycles. The molecule has 0 radical (unpaired) electrons. The van der Waals surface area contributed by atoms with Gasteiger partial charge in [-0.2, -0.15) is 0 Å². The molecule has 1 aliphatic heterocycles. The van der Waals surface area contributed by atoms with Crippen molar-refractivity contribution in [1.29, 1.82) is 0 Å². The summed E-state index contributed by atoms with van der Waals surface area (Å²) in [4.78, 5) is 45.7. The van der Waals surface area contributed by atoms with E-state index in [1.165, 1.54) is 28.4 Å². The maximum absolute atomic E-state index is 13.8. The average Bonchev–Trinajstić information content (AvgIpc) is 3.58. The Morgan fingerprint density at radius 1 is 0.913 bits per heavy atom. The number of esters is 1. The quantitative estimate of drug-likeness (QED) is 0.0981. The predicted octanol–water partition coefficient (Wildman–Crippen LogP) is 5.78. The van der Waals surface area contributed by atoms with Crippen molar-refractivity contribution in [3.05, 3.63) is 99.1 Å². The second kappa shape index (κ2) is 13.3. The number of methoxy groups -OCH3 is 4. The van der Waals surface area contributed by atoms with Crippen molar-refractivity contribution in [3.63, 3.8) is 0 Å². The Bertz CT molecular complexity index is 1820. The monoisotopic (exact) mass is 644 g/mol. The second-order valence-corrected chi connectivity index (χ2v) is 11.3. The van der Waals surface area contributed by atoms with Crippen molar-refractivity contribution in [2.24, 2.45) is 0 Å². The first-order chi connectivity index (χ1) is 22.1. The number of aryl methyl sites for hydroxylation is 2. The predicted molar refractivity (Wildman–Crippen MR) is 171 cm³/mol. The van der Waals surface area contributed by atoms with Crippen molar-refractivity contribution in [1.82, 2.24) is 4.98 Å². The van der Waals surface area contributed by atoms with E-state index in [1.54, 1.807) is 37.3 Å². The highest BCUT2D eigenvalue weighted by Crippen LogP contribution is 2.48. The first-order valence-electron chi connectivity index (χ1n) is 14.1. The van der Waals surface area contributed by atoms with Crippen molar-refractivity contribution in [2.45, 2.75) is 26.5 Å². The number of hydrogen-bond acceptors (Lipinski definition) is 11. The molecule has 1 saturated heterocycles. The summed E-state index contributed by atoms with van der Waals surface area (Å²) in [6, 6.07) is 16.7. The van der Waals surface area contributed by atoms with E-state index < -0.39 is 29.5 Å². The molecule has 0 unspecified atom stereocenters. The van der Waals surface area contributed by atoms with E-state index in [0.717, 1.165) is 21.8 Å². The highest BCUT2D eigenvalue weighted by molar-refractivity contribution is 7.17. The van der Waals surface area contributed by atoms with Crippen LogP contribution in [0.15, 0.2) is 66.2 Å². The number of nitrogens with zero attached hydrogens (tertiary/aromatic N) is 2. The van der Waals surface area contributed by atoms with Crippen LogP contribution in [0.25, 0.3) is 5.76 Å². The zero-order chi connectivity index (χ0) is 33.1. The zero-order valence-corrected chi connectivity index (χ0v) is 26.9. The van der Waals surface area contributed by atoms with Gasteiger partial charge < -0.3 is 28.8 Å². The fourth-order valence-electron chi connectivity index (χ4n) is 5.22. The molecule has 1 aliphatic rings. The lowest BCUT2D eigenvalue weighted by molar-refractivity contribution is -0.132. The number of rotatable bonds is 10. The van der Waals surface area contributed by atoms with Crippen LogP contribution in [-0.4, -0.2) is 56.2 Å². The van der Waals surface area contributed by atoms with E-state index in [1.807, 2.05) is 37.3 Å². The van der Waals surface area contributed by atoms with Gasteiger partial charge in [0.1, 0.15) is 23.0 Å². The van der Waals surface area contributed by atoms with Crippen molar-refractivity contribution in [3.8, 4) is 23.0 Å². The van der Waals surface area contributed by atoms with Gasteiger partial charge in [0.2, 0.25) is 5.75 Å². The SMILES string of the molecule is COC(=O)c1sc(N2C(=O)C(=O)/C(=C(/O)c3ccc(OCc4ccccc4)c(C)c3)[C@H]2c2cc(OC)c(OC)c(OC)c2)nc1C. The molecule has 1 amide bonds. The first-order valence-corrected chi connectivity index (χ1v) is 14.9. The molecule has 5 rings (SSSR count). The molecule has 11 nitrogen and oxygen atoms in total. The molecule has 4 aromatic rings. The van der Waals surface area contributed by atoms with Gasteiger partial charge in [-0.25, -0.2) is 9.78 Å². The third-order valence-electron chi connectivity index (χ3n) is 7.49. The van der Waals surface area contributed by atoms with E-state index in [4.69, 9.17) is 23.7 Å². The van der Waals surface area contributed by atoms with Crippen molar-refractivity contribution < 1.29 is 43.2 Å². The highest BCUT2D eigenvalue weighted by Gasteiger charge is 2.49. The number of hydrogen-bond donors (Lipinski definition) is 1. The Kier molecular flexibility index (Phi) is 9.28. The summed E-state index contributed by atoms with van der Waals surface area (Å²) in [7, 11) is 5.57. The fourth-order valence-corrected chi connectivity index (χ4v) is 6.23. The Morgan fingerprint density at radius 2 is 1.59 bits per heavy atom. The summed E-state index contributed by atoms with van der Waals surface area (Å²) in [6.07, 6.45) is 0. The minimum absolute atomic E-state index is 0.0682. The van der Waals surface area contributed by atoms with Gasteiger partial charge in [0.25, 0.3) is 5.78 Å². The van der Waals surface area contributed by atoms with Crippen LogP contribution in [0.3, 0.4) is 0 Å². The van der Waals surface area contributed by atoms with Gasteiger partial charge in [-0.15, -0.1) is 0 Å². The molecule has 1 aromatic heterocycles. The molecular formula is C34H32N2O9S. The number of aromatic nitrogens is 1. The van der Waals surface area contributed by atoms with Gasteiger partial charge >= 0.3 is 11.9 Å². The number of thiazole rings is 1. The standard InChI is InChI=1S/C34H32N2O9S/c1-18-14-21(12-13-23(18)45-17-20-10-8-7-9-11-20)28(37)26-27(22-15-24(41-3)30(43-5)25(16-22)42-4)36(32(39)29(26)38)34-35-19(2)31(46-34)33(40)44-6/h7-16,27,37H,17H2,1-6H3/b28-26+/t27-/m1/s1. The highest BCUT2D eigenvalue weighted by atomic mass is 32.1. The van der Waals surface area contributed by atoms with Gasteiger partial charge in [-0.3, -0.25) is 14.5 Å². The Balaban J connectivity index is 1.65. The van der Waals surface area contributed by atoms with Gasteiger partial charge in [0, 0.05) is 5.56 Å². The van der Waals surface area contributed by atoms with Gasteiger partial charge in [0.05, 0.1) is 45.7 Å². The minimum Gasteiger partial charge on any atom is -0.507 e. The van der Waals surface area contributed by atoms with E-state index in [-0.39, 0.29) is 27.1 Å². The molecule has 46 heavy (non-hydrogen) atoms. The van der Waals surface area contributed by atoms with Crippen LogP contribution >= 0.6 is 11.3 Å². The Labute approximate surface area is 269 Å². The largest absolute Gasteiger partial charge is 0.507 e. The van der Waals surface area contributed by atoms with Crippen LogP contribution in [0.4, 0.5) is 5.13 Å². The van der Waals surface area contributed by atoms with Gasteiger partial charge in [0.15, 0.2) is 16.6 Å². The number of Topliss-reactive ketones (excluding diaryl/α,β-unsaturated/α-hetero) is 1. The minimum atomic E-state index is -1.18. The van der Waals surface area contributed by atoms with E-state index in [2.05, 4.69) is 4.98 Å². The number of aliphatic hydroxyl groups is 1. The molecule has 12 heteroatoms. The van der Waals surface area contributed by atoms with E-state index >= 15 is 0 Å². The smallest absolute Gasteiger partial charge is 0.350 e. The van der Waals surface area contributed by atoms with Crippen molar-refractivity contribution >= 4 is 39.9 Å². The number of anilines is 1. The molecule has 1 N–H and O–H groups in total. The number of aliphatic hydroxyl groups excluding tert-OH is 1. The molecular weight excluding hydrogens is 612 g/mol. The molecule has 0 spiro atoms. The number of amides is 1. The number of ether oxygens (including phenoxy) is 5. The van der Waals surface area contributed by atoms with Gasteiger partial charge in [-0.1, -0.05) is 41.7 Å². The third kappa shape index (κ3) is 5.86. The zero-order valence-electron chi connectivity index (χ0n) is 26.1. The summed E-state index contributed by atoms with van der Waals surface area (Å²) in [5.74, 6) is -1.49. The van der Waals surface area contributed by atoms with E-state index in [9.17, 15) is 19.5 Å². The lowest BCUT2D eigenvalue weighted by Gasteiger charge is -2.24. The van der Waals surface area contributed by atoms with Crippen molar-refractivity contribution in [2.75, 3.05) is 33.3 Å². The molecule has 2 heterocycles. The summed E-state index contributed by atoms with van der Waals surface area (Å²) >= 11 is 0.898. The Morgan fingerprint density at radius 3 is 2.17 bits per heavy atom. The van der Waals surface area contributed by atoms with Crippen LogP contribution in [0, 0.1) is 13.8 Å². The fraction of sp³-hybridized carbons (Fsp3) is 0.235. The number of benzene rings is 3. The summed E-state index contributed by atoms with van der Waals surface area (Å²) in [6.45, 7) is 3.76. The molecule has 3 aromatic carbocycles. The summed E-state index contributed by atoms with van der Waals surface area (Å²) in [5.41, 5.74) is 2.49. The Hall–Kier alpha value is -5.36. The number of ketones is 1. The van der Waals surface area contributed by atoms with Crippen LogP contribution in [-0.2, 0) is 20.9 Å². The lowest BCUT2D eigenvalue weighted by Crippen LogP contribution is -2.29. The molecule has 238 valence electrons. The first kappa shape index (κ1) is 32.0. The molecule has 1 atom stereocenters. The molecule has 1 fully saturated rings. The van der Waals surface area contributed by atoms with Crippen LogP contribution in [0.5, 0.6) is 23.0 Å². The van der Waals surface area contributed by atoms with Gasteiger partial charge in [-0.05, 0) is 60.9 Å². The molecule has 0 saturated carbocycles. The molecule has 0 bridgehead atoms. The van der Waals surface area contributed by atoms with Crippen LogP contribution in [0.1, 0.15) is 43.7 Å². The summed E-state index contributed by atoms with van der Waals surface area (Å²) in [5, 5.41) is 11.8. The maximum atomic E-state index is 13.8. The van der Waals surface area contributed by atoms with E-state index in [0.29, 0.717) is 40.5 Å². The third-order valence-corrected chi connectivity index (χ3v) is 8.63. The number of carbonyl (C=O) groups is 3. The topological polar surface area (TPSA) is 134 Å². The lowest BCUT2D eigenvalue weighted by atomic mass is 9.94. The van der Waals surface area contributed by atoms with Crippen LogP contribution in [0.2, 0.25) is 0 Å². The van der Waals surface area contributed by atoms with Crippen LogP contribution < -0.4 is 23.8 Å². The number of carbonyl (C=O) groups excluding carboxylic acids is 3. The normalized spacial score (nSPS) is 15.5. The average molecular weight is 645 g/mol. The summed E-state index contributed by atoms with van der Waals surface area (Å²) < 4.78 is 27.4. The maximum Gasteiger partial charge on any atom is 0.350 e.